The van der Waals surface area contributed by atoms with Gasteiger partial charge >= 0.3 is 12.4 Å². The summed E-state index contributed by atoms with van der Waals surface area (Å²) in [6.07, 6.45) is -7.18. The number of ether oxygens (including phenoxy) is 1. The van der Waals surface area contributed by atoms with Crippen LogP contribution in [-0.4, -0.2) is 23.0 Å². The zero-order valence-electron chi connectivity index (χ0n) is 16.3. The van der Waals surface area contributed by atoms with Crippen LogP contribution in [0.4, 0.5) is 26.3 Å². The standard InChI is InChI=1S/C21H15F6N3O2/c1-32-16-9-6-13(11-29-16)19(31)30-17(12-4-7-14(8-5-12)20(22,23)24)18-15(21(25,26)27)3-2-10-28-18/h2-11,17H,1H3,(H,30,31). The molecule has 0 fully saturated rings. The fraction of sp³-hybridized carbons (Fsp3) is 0.190. The van der Waals surface area contributed by atoms with Crippen molar-refractivity contribution in [3.05, 3.63) is 88.9 Å². The van der Waals surface area contributed by atoms with Gasteiger partial charge in [-0.05, 0) is 35.9 Å². The molecule has 2 aromatic heterocycles. The number of hydrogen-bond acceptors (Lipinski definition) is 4. The second-order valence-electron chi connectivity index (χ2n) is 6.55. The number of methoxy groups -OCH3 is 1. The SMILES string of the molecule is COc1ccc(C(=O)NC(c2ccc(C(F)(F)F)cc2)c2ncccc2C(F)(F)F)cn1. The number of carbonyl (C=O) groups excluding carboxylic acids is 1. The zero-order chi connectivity index (χ0) is 23.5. The molecule has 0 aliphatic carbocycles. The first-order valence-electron chi connectivity index (χ1n) is 9.01. The maximum absolute atomic E-state index is 13.6. The van der Waals surface area contributed by atoms with Crippen molar-refractivity contribution in [1.82, 2.24) is 15.3 Å². The molecule has 32 heavy (non-hydrogen) atoms. The first kappa shape index (κ1) is 23.0. The summed E-state index contributed by atoms with van der Waals surface area (Å²) in [6, 6.07) is 6.53. The van der Waals surface area contributed by atoms with E-state index in [1.165, 1.54) is 19.2 Å². The third kappa shape index (κ3) is 5.16. The van der Waals surface area contributed by atoms with E-state index in [0.29, 0.717) is 0 Å². The average molecular weight is 455 g/mol. The summed E-state index contributed by atoms with van der Waals surface area (Å²) in [5, 5.41) is 2.41. The van der Waals surface area contributed by atoms with E-state index >= 15 is 0 Å². The Bertz CT molecular complexity index is 1080. The molecule has 0 radical (unpaired) electrons. The summed E-state index contributed by atoms with van der Waals surface area (Å²) < 4.78 is 84.3. The summed E-state index contributed by atoms with van der Waals surface area (Å²) in [6.45, 7) is 0. The number of nitrogens with one attached hydrogen (secondary N) is 1. The third-order valence-electron chi connectivity index (χ3n) is 4.47. The highest BCUT2D eigenvalue weighted by Gasteiger charge is 2.37. The number of aromatic nitrogens is 2. The lowest BCUT2D eigenvalue weighted by Gasteiger charge is -2.23. The van der Waals surface area contributed by atoms with Crippen LogP contribution in [0.2, 0.25) is 0 Å². The van der Waals surface area contributed by atoms with Gasteiger partial charge in [-0.3, -0.25) is 9.78 Å². The second kappa shape index (κ2) is 8.85. The number of amides is 1. The Morgan fingerprint density at radius 1 is 0.938 bits per heavy atom. The zero-order valence-corrected chi connectivity index (χ0v) is 16.3. The van der Waals surface area contributed by atoms with Gasteiger partial charge in [0, 0.05) is 18.5 Å². The molecule has 5 nitrogen and oxygen atoms in total. The van der Waals surface area contributed by atoms with E-state index < -0.39 is 41.1 Å². The van der Waals surface area contributed by atoms with Crippen LogP contribution < -0.4 is 10.1 Å². The van der Waals surface area contributed by atoms with Gasteiger partial charge < -0.3 is 10.1 Å². The van der Waals surface area contributed by atoms with Crippen LogP contribution in [0, 0.1) is 0 Å². The Morgan fingerprint density at radius 2 is 1.62 bits per heavy atom. The average Bonchev–Trinajstić information content (AvgIpc) is 2.76. The molecule has 1 atom stereocenters. The minimum Gasteiger partial charge on any atom is -0.481 e. The summed E-state index contributed by atoms with van der Waals surface area (Å²) in [5.74, 6) is -0.589. The molecule has 0 saturated carbocycles. The molecule has 1 amide bonds. The second-order valence-corrected chi connectivity index (χ2v) is 6.55. The van der Waals surface area contributed by atoms with Gasteiger partial charge in [0.15, 0.2) is 0 Å². The maximum atomic E-state index is 13.6. The Balaban J connectivity index is 2.05. The van der Waals surface area contributed by atoms with Crippen molar-refractivity contribution in [1.29, 1.82) is 0 Å². The summed E-state index contributed by atoms with van der Waals surface area (Å²) >= 11 is 0. The van der Waals surface area contributed by atoms with Crippen LogP contribution in [0.15, 0.2) is 60.9 Å². The van der Waals surface area contributed by atoms with Crippen LogP contribution in [0.3, 0.4) is 0 Å². The van der Waals surface area contributed by atoms with Crippen molar-refractivity contribution in [2.24, 2.45) is 0 Å². The number of hydrogen-bond donors (Lipinski definition) is 1. The van der Waals surface area contributed by atoms with Crippen LogP contribution in [0.1, 0.15) is 38.8 Å². The normalized spacial score (nSPS) is 12.8. The topological polar surface area (TPSA) is 64.1 Å². The van der Waals surface area contributed by atoms with Gasteiger partial charge in [0.2, 0.25) is 5.88 Å². The van der Waals surface area contributed by atoms with E-state index in [1.807, 2.05) is 0 Å². The van der Waals surface area contributed by atoms with E-state index in [9.17, 15) is 31.1 Å². The minimum absolute atomic E-state index is 0.00667. The van der Waals surface area contributed by atoms with Crippen molar-refractivity contribution in [2.45, 2.75) is 18.4 Å². The van der Waals surface area contributed by atoms with E-state index in [-0.39, 0.29) is 17.0 Å². The van der Waals surface area contributed by atoms with Crippen LogP contribution in [-0.2, 0) is 12.4 Å². The molecule has 0 aliphatic rings. The molecular weight excluding hydrogens is 440 g/mol. The summed E-state index contributed by atoms with van der Waals surface area (Å²) in [4.78, 5) is 20.3. The predicted octanol–water partition coefficient (Wildman–Crippen LogP) is 5.04. The van der Waals surface area contributed by atoms with Crippen LogP contribution in [0.25, 0.3) is 0 Å². The number of benzene rings is 1. The Labute approximate surface area is 178 Å². The molecule has 1 aromatic carbocycles. The summed E-state index contributed by atoms with van der Waals surface area (Å²) in [5.41, 5.74) is -2.68. The van der Waals surface area contributed by atoms with Gasteiger partial charge in [-0.2, -0.15) is 26.3 Å². The Kier molecular flexibility index (Phi) is 6.37. The molecular formula is C21H15F6N3O2. The van der Waals surface area contributed by atoms with E-state index in [2.05, 4.69) is 15.3 Å². The molecule has 11 heteroatoms. The first-order valence-corrected chi connectivity index (χ1v) is 9.01. The monoisotopic (exact) mass is 455 g/mol. The van der Waals surface area contributed by atoms with E-state index in [4.69, 9.17) is 4.74 Å². The van der Waals surface area contributed by atoms with Gasteiger partial charge in [-0.15, -0.1) is 0 Å². The van der Waals surface area contributed by atoms with Gasteiger partial charge in [-0.25, -0.2) is 4.98 Å². The fourth-order valence-electron chi connectivity index (χ4n) is 2.91. The van der Waals surface area contributed by atoms with E-state index in [0.717, 1.165) is 48.8 Å². The number of pyridine rings is 2. The maximum Gasteiger partial charge on any atom is 0.418 e. The molecule has 168 valence electrons. The molecule has 0 saturated heterocycles. The van der Waals surface area contributed by atoms with Crippen molar-refractivity contribution < 1.29 is 35.9 Å². The predicted molar refractivity (Wildman–Crippen MR) is 101 cm³/mol. The summed E-state index contributed by atoms with van der Waals surface area (Å²) in [7, 11) is 1.36. The smallest absolute Gasteiger partial charge is 0.418 e. The number of alkyl halides is 6. The highest BCUT2D eigenvalue weighted by molar-refractivity contribution is 5.94. The van der Waals surface area contributed by atoms with Crippen LogP contribution >= 0.6 is 0 Å². The van der Waals surface area contributed by atoms with Gasteiger partial charge in [-0.1, -0.05) is 12.1 Å². The van der Waals surface area contributed by atoms with Crippen molar-refractivity contribution >= 4 is 5.91 Å². The molecule has 1 unspecified atom stereocenters. The van der Waals surface area contributed by atoms with Crippen molar-refractivity contribution in [3.63, 3.8) is 0 Å². The molecule has 0 spiro atoms. The lowest BCUT2D eigenvalue weighted by Crippen LogP contribution is -2.31. The molecule has 3 rings (SSSR count). The highest BCUT2D eigenvalue weighted by atomic mass is 19.4. The van der Waals surface area contributed by atoms with Crippen molar-refractivity contribution in [3.8, 4) is 5.88 Å². The quantitative estimate of drug-likeness (QED) is 0.548. The Morgan fingerprint density at radius 3 is 2.16 bits per heavy atom. The molecule has 2 heterocycles. The van der Waals surface area contributed by atoms with Gasteiger partial charge in [0.1, 0.15) is 0 Å². The van der Waals surface area contributed by atoms with Gasteiger partial charge in [0.05, 0.1) is 35.5 Å². The molecule has 3 aromatic rings. The number of carbonyl (C=O) groups is 1. The van der Waals surface area contributed by atoms with Gasteiger partial charge in [0.25, 0.3) is 5.91 Å². The lowest BCUT2D eigenvalue weighted by atomic mass is 9.97. The minimum atomic E-state index is -4.81. The number of nitrogens with zero attached hydrogens (tertiary/aromatic N) is 2. The fourth-order valence-corrected chi connectivity index (χ4v) is 2.91. The number of halogens is 6. The Hall–Kier alpha value is -3.63. The van der Waals surface area contributed by atoms with Crippen molar-refractivity contribution in [2.75, 3.05) is 7.11 Å². The molecule has 0 aliphatic heterocycles. The highest BCUT2D eigenvalue weighted by Crippen LogP contribution is 2.36. The van der Waals surface area contributed by atoms with Crippen LogP contribution in [0.5, 0.6) is 5.88 Å². The third-order valence-corrected chi connectivity index (χ3v) is 4.47. The largest absolute Gasteiger partial charge is 0.481 e. The first-order chi connectivity index (χ1) is 15.0. The molecule has 1 N–H and O–H groups in total. The lowest BCUT2D eigenvalue weighted by molar-refractivity contribution is -0.139. The van der Waals surface area contributed by atoms with E-state index in [1.54, 1.807) is 0 Å². The molecule has 0 bridgehead atoms. The number of rotatable bonds is 5.